The molecular weight excluding hydrogens is 494 g/mol. The number of benzene rings is 3. The van der Waals surface area contributed by atoms with Crippen molar-refractivity contribution in [3.8, 4) is 0 Å². The first-order chi connectivity index (χ1) is 18.2. The molecule has 1 heterocycles. The van der Waals surface area contributed by atoms with E-state index < -0.39 is 6.04 Å². The molecule has 1 aliphatic rings. The molecule has 0 unspecified atom stereocenters. The van der Waals surface area contributed by atoms with Gasteiger partial charge in [-0.1, -0.05) is 48.2 Å². The lowest BCUT2D eigenvalue weighted by Gasteiger charge is -2.26. The van der Waals surface area contributed by atoms with Crippen molar-refractivity contribution in [2.24, 2.45) is 4.99 Å². The SMILES string of the molecule is CC1=C(C(=O)Nc2ccccc2)[C@@H](c2ccc(N(C)C)cc2)N=C(SCC(=O)Nc2ccc(C)c(C)c2)N1. The van der Waals surface area contributed by atoms with Crippen molar-refractivity contribution in [2.45, 2.75) is 26.8 Å². The number of aryl methyl sites for hydroxylation is 2. The Balaban J connectivity index is 1.54. The van der Waals surface area contributed by atoms with Crippen LogP contribution in [-0.2, 0) is 9.59 Å². The van der Waals surface area contributed by atoms with Crippen molar-refractivity contribution in [1.82, 2.24) is 5.32 Å². The van der Waals surface area contributed by atoms with Crippen molar-refractivity contribution in [3.63, 3.8) is 0 Å². The van der Waals surface area contributed by atoms with Crippen molar-refractivity contribution < 1.29 is 9.59 Å². The second-order valence-corrected chi connectivity index (χ2v) is 10.4. The Hall–Kier alpha value is -4.04. The number of allylic oxidation sites excluding steroid dienone is 1. The largest absolute Gasteiger partial charge is 0.378 e. The second-order valence-electron chi connectivity index (χ2n) is 9.44. The number of nitrogens with one attached hydrogen (secondary N) is 3. The van der Waals surface area contributed by atoms with Gasteiger partial charge in [-0.3, -0.25) is 9.59 Å². The van der Waals surface area contributed by atoms with Crippen LogP contribution >= 0.6 is 11.8 Å². The summed E-state index contributed by atoms with van der Waals surface area (Å²) >= 11 is 1.31. The first-order valence-corrected chi connectivity index (χ1v) is 13.4. The number of amides is 2. The van der Waals surface area contributed by atoms with E-state index in [0.29, 0.717) is 22.1 Å². The van der Waals surface area contributed by atoms with Crippen LogP contribution < -0.4 is 20.9 Å². The zero-order valence-electron chi connectivity index (χ0n) is 22.3. The minimum absolute atomic E-state index is 0.121. The van der Waals surface area contributed by atoms with Crippen molar-refractivity contribution in [1.29, 1.82) is 0 Å². The molecule has 0 aliphatic carbocycles. The van der Waals surface area contributed by atoms with E-state index >= 15 is 0 Å². The van der Waals surface area contributed by atoms with Crippen LogP contribution in [0.1, 0.15) is 29.7 Å². The minimum Gasteiger partial charge on any atom is -0.378 e. The molecule has 0 saturated carbocycles. The first kappa shape index (κ1) is 27.0. The number of hydrogen-bond donors (Lipinski definition) is 3. The summed E-state index contributed by atoms with van der Waals surface area (Å²) in [6.07, 6.45) is 0. The van der Waals surface area contributed by atoms with Gasteiger partial charge in [-0.05, 0) is 73.9 Å². The maximum atomic E-state index is 13.4. The van der Waals surface area contributed by atoms with Crippen molar-refractivity contribution >= 4 is 45.8 Å². The third-order valence-corrected chi connectivity index (χ3v) is 7.24. The Morgan fingerprint density at radius 1 is 0.895 bits per heavy atom. The molecule has 3 N–H and O–H groups in total. The monoisotopic (exact) mass is 527 g/mol. The number of rotatable bonds is 7. The highest BCUT2D eigenvalue weighted by molar-refractivity contribution is 8.14. The van der Waals surface area contributed by atoms with E-state index in [2.05, 4.69) is 16.0 Å². The van der Waals surface area contributed by atoms with Gasteiger partial charge in [-0.25, -0.2) is 4.99 Å². The number of nitrogens with zero attached hydrogens (tertiary/aromatic N) is 2. The van der Waals surface area contributed by atoms with Gasteiger partial charge in [-0.2, -0.15) is 0 Å². The maximum Gasteiger partial charge on any atom is 0.255 e. The Bertz CT molecular complexity index is 1380. The van der Waals surface area contributed by atoms with Crippen LogP contribution in [0, 0.1) is 13.8 Å². The average Bonchev–Trinajstić information content (AvgIpc) is 2.90. The highest BCUT2D eigenvalue weighted by atomic mass is 32.2. The van der Waals surface area contributed by atoms with Gasteiger partial charge < -0.3 is 20.9 Å². The van der Waals surface area contributed by atoms with Gasteiger partial charge in [0, 0.05) is 36.9 Å². The minimum atomic E-state index is -0.513. The lowest BCUT2D eigenvalue weighted by molar-refractivity contribution is -0.114. The number of anilines is 3. The standard InChI is InChI=1S/C30H33N5O2S/c1-19-11-14-24(17-20(19)2)32-26(36)18-38-30-31-21(3)27(29(37)33-23-9-7-6-8-10-23)28(34-30)22-12-15-25(16-13-22)35(4)5/h6-17,28H,18H2,1-5H3,(H,31,34)(H,32,36)(H,33,37)/t28-/m1/s1. The Morgan fingerprint density at radius 2 is 1.61 bits per heavy atom. The van der Waals surface area contributed by atoms with Crippen LogP contribution in [0.15, 0.2) is 89.1 Å². The highest BCUT2D eigenvalue weighted by Crippen LogP contribution is 2.34. The van der Waals surface area contributed by atoms with Gasteiger partial charge in [0.05, 0.1) is 11.3 Å². The molecule has 0 bridgehead atoms. The molecule has 0 fully saturated rings. The van der Waals surface area contributed by atoms with E-state index in [1.807, 2.05) is 113 Å². The summed E-state index contributed by atoms with van der Waals surface area (Å²) in [6.45, 7) is 5.93. The summed E-state index contributed by atoms with van der Waals surface area (Å²) in [6, 6.07) is 22.7. The number of hydrogen-bond acceptors (Lipinski definition) is 6. The Kier molecular flexibility index (Phi) is 8.53. The summed E-state index contributed by atoms with van der Waals surface area (Å²) in [5.41, 5.74) is 6.98. The fraction of sp³-hybridized carbons (Fsp3) is 0.233. The maximum absolute atomic E-state index is 13.4. The molecule has 7 nitrogen and oxygen atoms in total. The lowest BCUT2D eigenvalue weighted by Crippen LogP contribution is -2.32. The Morgan fingerprint density at radius 3 is 2.26 bits per heavy atom. The third kappa shape index (κ3) is 6.63. The molecule has 0 spiro atoms. The van der Waals surface area contributed by atoms with Crippen LogP contribution in [0.4, 0.5) is 17.1 Å². The summed E-state index contributed by atoms with van der Waals surface area (Å²) in [7, 11) is 3.97. The summed E-state index contributed by atoms with van der Waals surface area (Å²) < 4.78 is 0. The second kappa shape index (κ2) is 12.0. The number of para-hydroxylation sites is 1. The van der Waals surface area contributed by atoms with Crippen LogP contribution in [0.2, 0.25) is 0 Å². The van der Waals surface area contributed by atoms with E-state index in [1.165, 1.54) is 17.3 Å². The van der Waals surface area contributed by atoms with Gasteiger partial charge in [0.25, 0.3) is 5.91 Å². The number of aliphatic imine (C=N–C) groups is 1. The molecule has 1 atom stereocenters. The summed E-state index contributed by atoms with van der Waals surface area (Å²) in [5.74, 6) is -0.156. The molecular formula is C30H33N5O2S. The van der Waals surface area contributed by atoms with E-state index in [0.717, 1.165) is 22.5 Å². The molecule has 2 amide bonds. The van der Waals surface area contributed by atoms with Gasteiger partial charge in [0.1, 0.15) is 6.04 Å². The highest BCUT2D eigenvalue weighted by Gasteiger charge is 2.30. The molecule has 3 aromatic carbocycles. The van der Waals surface area contributed by atoms with Crippen LogP contribution in [0.3, 0.4) is 0 Å². The molecule has 38 heavy (non-hydrogen) atoms. The predicted octanol–water partition coefficient (Wildman–Crippen LogP) is 5.65. The quantitative estimate of drug-likeness (QED) is 0.370. The van der Waals surface area contributed by atoms with Crippen LogP contribution in [0.5, 0.6) is 0 Å². The smallest absolute Gasteiger partial charge is 0.255 e. The number of amidine groups is 1. The van der Waals surface area contributed by atoms with Gasteiger partial charge >= 0.3 is 0 Å². The fourth-order valence-electron chi connectivity index (χ4n) is 4.08. The Labute approximate surface area is 228 Å². The zero-order valence-corrected chi connectivity index (χ0v) is 23.1. The van der Waals surface area contributed by atoms with Crippen LogP contribution in [0.25, 0.3) is 0 Å². The van der Waals surface area contributed by atoms with E-state index in [4.69, 9.17) is 4.99 Å². The van der Waals surface area contributed by atoms with Gasteiger partial charge in [0.15, 0.2) is 5.17 Å². The molecule has 1 aliphatic heterocycles. The zero-order chi connectivity index (χ0) is 27.2. The average molecular weight is 528 g/mol. The van der Waals surface area contributed by atoms with Crippen molar-refractivity contribution in [3.05, 3.63) is 101 Å². The molecule has 8 heteroatoms. The fourth-order valence-corrected chi connectivity index (χ4v) is 4.83. The normalized spacial score (nSPS) is 14.9. The van der Waals surface area contributed by atoms with Gasteiger partial charge in [0.2, 0.25) is 5.91 Å². The molecule has 0 radical (unpaired) electrons. The summed E-state index contributed by atoms with van der Waals surface area (Å²) in [5, 5.41) is 9.77. The number of thioether (sulfide) groups is 1. The first-order valence-electron chi connectivity index (χ1n) is 12.4. The molecule has 196 valence electrons. The molecule has 0 aromatic heterocycles. The predicted molar refractivity (Wildman–Crippen MR) is 159 cm³/mol. The number of carbonyl (C=O) groups is 2. The third-order valence-electron chi connectivity index (χ3n) is 6.35. The number of carbonyl (C=O) groups excluding carboxylic acids is 2. The van der Waals surface area contributed by atoms with Gasteiger partial charge in [-0.15, -0.1) is 0 Å². The summed E-state index contributed by atoms with van der Waals surface area (Å²) in [4.78, 5) is 33.0. The van der Waals surface area contributed by atoms with E-state index in [-0.39, 0.29) is 17.6 Å². The van der Waals surface area contributed by atoms with E-state index in [1.54, 1.807) is 0 Å². The lowest BCUT2D eigenvalue weighted by atomic mass is 9.95. The molecule has 0 saturated heterocycles. The van der Waals surface area contributed by atoms with E-state index in [9.17, 15) is 9.59 Å². The molecule has 4 rings (SSSR count). The van der Waals surface area contributed by atoms with Crippen molar-refractivity contribution in [2.75, 3.05) is 35.4 Å². The van der Waals surface area contributed by atoms with Crippen LogP contribution in [-0.4, -0.2) is 36.8 Å². The topological polar surface area (TPSA) is 85.8 Å². The molecule has 3 aromatic rings.